The summed E-state index contributed by atoms with van der Waals surface area (Å²) in [5, 5.41) is 4.71. The Morgan fingerprint density at radius 3 is 2.92 bits per heavy atom. The van der Waals surface area contributed by atoms with E-state index in [-0.39, 0.29) is 11.9 Å². The quantitative estimate of drug-likeness (QED) is 0.745. The van der Waals surface area contributed by atoms with Crippen molar-refractivity contribution in [3.8, 4) is 11.1 Å². The molecule has 0 bridgehead atoms. The normalized spacial score (nSPS) is 16.9. The van der Waals surface area contributed by atoms with Crippen molar-refractivity contribution in [1.82, 2.24) is 9.97 Å². The Hall–Kier alpha value is -2.95. The zero-order valence-corrected chi connectivity index (χ0v) is 13.5. The maximum Gasteiger partial charge on any atom is 0.212 e. The smallest absolute Gasteiger partial charge is 0.212 e. The largest absolute Gasteiger partial charge is 0.392 e. The molecule has 0 saturated carbocycles. The second kappa shape index (κ2) is 5.60. The van der Waals surface area contributed by atoms with Gasteiger partial charge in [0.2, 0.25) is 5.78 Å². The first kappa shape index (κ1) is 14.6. The molecule has 0 fully saturated rings. The Kier molecular flexibility index (Phi) is 3.41. The zero-order valence-electron chi connectivity index (χ0n) is 13.5. The van der Waals surface area contributed by atoms with Gasteiger partial charge in [-0.15, -0.1) is 0 Å². The van der Waals surface area contributed by atoms with Crippen molar-refractivity contribution in [2.75, 3.05) is 0 Å². The maximum atomic E-state index is 12.7. The summed E-state index contributed by atoms with van der Waals surface area (Å²) in [4.78, 5) is 25.4. The number of pyridine rings is 1. The lowest BCUT2D eigenvalue weighted by Gasteiger charge is -2.04. The minimum absolute atomic E-state index is 0.0462. The third-order valence-electron chi connectivity index (χ3n) is 4.21. The number of benzene rings is 1. The number of nitrogens with zero attached hydrogens (tertiary/aromatic N) is 2. The van der Waals surface area contributed by atoms with Gasteiger partial charge in [-0.1, -0.05) is 35.0 Å². The summed E-state index contributed by atoms with van der Waals surface area (Å²) in [5.74, 6) is -0.103. The lowest BCUT2D eigenvalue weighted by atomic mass is 10.0. The molecule has 3 aromatic rings. The number of carbonyl (C=O) groups is 1. The molecule has 0 unspecified atom stereocenters. The molecule has 1 N–H and O–H groups in total. The molecule has 5 nitrogen and oxygen atoms in total. The molecule has 4 rings (SSSR count). The second-order valence-corrected chi connectivity index (χ2v) is 6.18. The van der Waals surface area contributed by atoms with E-state index in [0.717, 1.165) is 16.5 Å². The molecule has 2 aromatic heterocycles. The molecule has 0 saturated heterocycles. The van der Waals surface area contributed by atoms with E-state index < -0.39 is 0 Å². The van der Waals surface area contributed by atoms with Gasteiger partial charge in [-0.2, -0.15) is 0 Å². The summed E-state index contributed by atoms with van der Waals surface area (Å²) < 4.78 is 0. The van der Waals surface area contributed by atoms with E-state index in [1.165, 1.54) is 5.56 Å². The molecule has 0 radical (unpaired) electrons. The standard InChI is InChI=1S/C19H17N3O2/c1-11-4-3-5-13(6-11)14-8-15-16(10-21-19(15)20-9-14)18(23)17-7-12(2)24-22-17/h3-6,8-10,12H,7H2,1-2H3,(H,20,21)/t12-/m1/s1. The molecule has 1 aliphatic rings. The van der Waals surface area contributed by atoms with Gasteiger partial charge in [-0.05, 0) is 25.5 Å². The first-order valence-corrected chi connectivity index (χ1v) is 7.93. The van der Waals surface area contributed by atoms with Crippen molar-refractivity contribution in [1.29, 1.82) is 0 Å². The number of fused-ring (bicyclic) bond motifs is 1. The fourth-order valence-electron chi connectivity index (χ4n) is 2.96. The van der Waals surface area contributed by atoms with E-state index in [2.05, 4.69) is 34.2 Å². The second-order valence-electron chi connectivity index (χ2n) is 6.18. The van der Waals surface area contributed by atoms with E-state index in [4.69, 9.17) is 4.84 Å². The summed E-state index contributed by atoms with van der Waals surface area (Å²) >= 11 is 0. The zero-order chi connectivity index (χ0) is 16.7. The molecule has 24 heavy (non-hydrogen) atoms. The van der Waals surface area contributed by atoms with Gasteiger partial charge >= 0.3 is 0 Å². The first-order valence-electron chi connectivity index (χ1n) is 7.93. The fraction of sp³-hybridized carbons (Fsp3) is 0.211. The first-order chi connectivity index (χ1) is 11.6. The monoisotopic (exact) mass is 319 g/mol. The lowest BCUT2D eigenvalue weighted by Crippen LogP contribution is -2.13. The average molecular weight is 319 g/mol. The van der Waals surface area contributed by atoms with E-state index in [9.17, 15) is 4.79 Å². The molecule has 0 aliphatic carbocycles. The number of H-pyrrole nitrogens is 1. The van der Waals surface area contributed by atoms with Crippen molar-refractivity contribution in [2.45, 2.75) is 26.4 Å². The molecule has 0 amide bonds. The minimum Gasteiger partial charge on any atom is -0.392 e. The highest BCUT2D eigenvalue weighted by atomic mass is 16.6. The van der Waals surface area contributed by atoms with E-state index in [1.54, 1.807) is 6.20 Å². The predicted octanol–water partition coefficient (Wildman–Crippen LogP) is 3.89. The van der Waals surface area contributed by atoms with Crippen LogP contribution in [0.25, 0.3) is 22.2 Å². The van der Waals surface area contributed by atoms with Crippen LogP contribution in [0.1, 0.15) is 29.3 Å². The van der Waals surface area contributed by atoms with Crippen molar-refractivity contribution in [2.24, 2.45) is 5.16 Å². The maximum absolute atomic E-state index is 12.7. The SMILES string of the molecule is Cc1cccc(-c2cnc3[nH]cc(C(=O)C4=NO[C@H](C)C4)c3c2)c1. The number of oxime groups is 1. The van der Waals surface area contributed by atoms with Crippen LogP contribution in [0.3, 0.4) is 0 Å². The summed E-state index contributed by atoms with van der Waals surface area (Å²) in [6, 6.07) is 10.2. The molecule has 0 spiro atoms. The summed E-state index contributed by atoms with van der Waals surface area (Å²) in [5.41, 5.74) is 5.00. The number of hydrogen-bond acceptors (Lipinski definition) is 4. The molecular weight excluding hydrogens is 302 g/mol. The topological polar surface area (TPSA) is 67.3 Å². The van der Waals surface area contributed by atoms with Crippen molar-refractivity contribution >= 4 is 22.5 Å². The van der Waals surface area contributed by atoms with Crippen LogP contribution < -0.4 is 0 Å². The number of aromatic amines is 1. The molecular formula is C19H17N3O2. The van der Waals surface area contributed by atoms with Gasteiger partial charge in [0.05, 0.1) is 5.56 Å². The number of Topliss-reactive ketones (excluding diaryl/α,β-unsaturated/α-hetero) is 1. The Labute approximate surface area is 139 Å². The van der Waals surface area contributed by atoms with Gasteiger partial charge in [0.15, 0.2) is 0 Å². The molecule has 5 heteroatoms. The van der Waals surface area contributed by atoms with Crippen LogP contribution in [-0.4, -0.2) is 27.6 Å². The highest BCUT2D eigenvalue weighted by Gasteiger charge is 2.26. The van der Waals surface area contributed by atoms with Gasteiger partial charge < -0.3 is 9.82 Å². The Balaban J connectivity index is 1.78. The fourth-order valence-corrected chi connectivity index (χ4v) is 2.96. The van der Waals surface area contributed by atoms with Crippen molar-refractivity contribution in [3.63, 3.8) is 0 Å². The van der Waals surface area contributed by atoms with Crippen molar-refractivity contribution in [3.05, 3.63) is 53.9 Å². The summed E-state index contributed by atoms with van der Waals surface area (Å²) in [6.45, 7) is 3.95. The number of aryl methyl sites for hydroxylation is 1. The minimum atomic E-state index is -0.103. The lowest BCUT2D eigenvalue weighted by molar-refractivity contribution is 0.0991. The van der Waals surface area contributed by atoms with Crippen LogP contribution in [-0.2, 0) is 4.84 Å². The van der Waals surface area contributed by atoms with Crippen LogP contribution >= 0.6 is 0 Å². The third-order valence-corrected chi connectivity index (χ3v) is 4.21. The third kappa shape index (κ3) is 2.48. The van der Waals surface area contributed by atoms with E-state index in [1.807, 2.05) is 31.3 Å². The number of carbonyl (C=O) groups excluding carboxylic acids is 1. The number of rotatable bonds is 3. The Morgan fingerprint density at radius 2 is 2.17 bits per heavy atom. The molecule has 3 heterocycles. The average Bonchev–Trinajstić information content (AvgIpc) is 3.20. The van der Waals surface area contributed by atoms with Gasteiger partial charge in [-0.25, -0.2) is 4.98 Å². The summed E-state index contributed by atoms with van der Waals surface area (Å²) in [7, 11) is 0. The van der Waals surface area contributed by atoms with Crippen LogP contribution in [0.15, 0.2) is 47.9 Å². The van der Waals surface area contributed by atoms with Gasteiger partial charge in [-0.3, -0.25) is 4.79 Å². The van der Waals surface area contributed by atoms with Crippen LogP contribution in [0, 0.1) is 6.92 Å². The van der Waals surface area contributed by atoms with Crippen LogP contribution in [0.5, 0.6) is 0 Å². The van der Waals surface area contributed by atoms with Gasteiger partial charge in [0, 0.05) is 29.8 Å². The van der Waals surface area contributed by atoms with E-state index >= 15 is 0 Å². The molecule has 120 valence electrons. The van der Waals surface area contributed by atoms with Crippen molar-refractivity contribution < 1.29 is 9.63 Å². The highest BCUT2D eigenvalue weighted by molar-refractivity contribution is 6.48. The number of nitrogens with one attached hydrogen (secondary N) is 1. The predicted molar refractivity (Wildman–Crippen MR) is 93.2 cm³/mol. The van der Waals surface area contributed by atoms with Gasteiger partial charge in [0.25, 0.3) is 0 Å². The highest BCUT2D eigenvalue weighted by Crippen LogP contribution is 2.26. The van der Waals surface area contributed by atoms with Crippen LogP contribution in [0.4, 0.5) is 0 Å². The molecule has 1 aromatic carbocycles. The van der Waals surface area contributed by atoms with E-state index in [0.29, 0.717) is 23.3 Å². The number of ketones is 1. The van der Waals surface area contributed by atoms with Gasteiger partial charge in [0.1, 0.15) is 17.5 Å². The molecule has 1 atom stereocenters. The number of aromatic nitrogens is 2. The Morgan fingerprint density at radius 1 is 1.29 bits per heavy atom. The summed E-state index contributed by atoms with van der Waals surface area (Å²) in [6.07, 6.45) is 4.01. The molecule has 1 aliphatic heterocycles. The number of hydrogen-bond donors (Lipinski definition) is 1. The van der Waals surface area contributed by atoms with Crippen LogP contribution in [0.2, 0.25) is 0 Å². The Bertz CT molecular complexity index is 972.